The third-order valence-electron chi connectivity index (χ3n) is 8.06. The molecule has 54 heavy (non-hydrogen) atoms. The third kappa shape index (κ3) is 34.8. The number of amides is 2. The maximum atomic E-state index is 12.7. The molecular formula is C45H70N2O7. The number of allylic oxidation sites excluding steroid dienone is 15. The van der Waals surface area contributed by atoms with E-state index in [9.17, 15) is 19.2 Å². The highest BCUT2D eigenvalue weighted by Crippen LogP contribution is 2.14. The Morgan fingerprint density at radius 1 is 0.574 bits per heavy atom. The fourth-order valence-corrected chi connectivity index (χ4v) is 5.02. The molecule has 0 aromatic carbocycles. The predicted molar refractivity (Wildman–Crippen MR) is 222 cm³/mol. The summed E-state index contributed by atoms with van der Waals surface area (Å²) in [6.07, 6.45) is 50.3. The molecule has 9 nitrogen and oxygen atoms in total. The van der Waals surface area contributed by atoms with E-state index in [1.54, 1.807) is 0 Å². The molecule has 0 spiro atoms. The van der Waals surface area contributed by atoms with Gasteiger partial charge in [0.05, 0.1) is 13.2 Å². The highest BCUT2D eigenvalue weighted by molar-refractivity contribution is 5.87. The number of aliphatic hydroxyl groups is 1. The second-order valence-corrected chi connectivity index (χ2v) is 13.0. The number of carbonyl (C=O) groups is 4. The van der Waals surface area contributed by atoms with Crippen molar-refractivity contribution in [3.8, 4) is 0 Å². The lowest BCUT2D eigenvalue weighted by atomic mass is 10.1. The molecule has 2 atom stereocenters. The van der Waals surface area contributed by atoms with Crippen molar-refractivity contribution in [1.29, 1.82) is 0 Å². The molecule has 0 aromatic rings. The van der Waals surface area contributed by atoms with Crippen molar-refractivity contribution in [1.82, 2.24) is 10.6 Å². The molecular weight excluding hydrogens is 681 g/mol. The number of esters is 1. The van der Waals surface area contributed by atoms with E-state index in [0.29, 0.717) is 19.3 Å². The van der Waals surface area contributed by atoms with Crippen LogP contribution in [0.25, 0.3) is 0 Å². The predicted octanol–water partition coefficient (Wildman–Crippen LogP) is 9.48. The Bertz CT molecular complexity index is 1230. The topological polar surface area (TPSA) is 142 Å². The minimum Gasteiger partial charge on any atom is -0.480 e. The molecule has 302 valence electrons. The Balaban J connectivity index is 4.39. The molecule has 2 unspecified atom stereocenters. The number of unbranched alkanes of at least 4 members (excludes halogenated alkanes) is 6. The molecule has 2 amide bonds. The van der Waals surface area contributed by atoms with E-state index in [1.165, 1.54) is 0 Å². The Morgan fingerprint density at radius 2 is 1.06 bits per heavy atom. The Morgan fingerprint density at radius 3 is 1.59 bits per heavy atom. The van der Waals surface area contributed by atoms with Crippen LogP contribution < -0.4 is 10.6 Å². The van der Waals surface area contributed by atoms with Crippen LogP contribution in [0.4, 0.5) is 0 Å². The zero-order valence-electron chi connectivity index (χ0n) is 33.2. The van der Waals surface area contributed by atoms with Gasteiger partial charge in [-0.3, -0.25) is 14.4 Å². The smallest absolute Gasteiger partial charge is 0.328 e. The van der Waals surface area contributed by atoms with E-state index >= 15 is 0 Å². The summed E-state index contributed by atoms with van der Waals surface area (Å²) in [5.74, 6) is -2.50. The molecule has 0 aliphatic heterocycles. The summed E-state index contributed by atoms with van der Waals surface area (Å²) in [6, 6.07) is -1.40. The van der Waals surface area contributed by atoms with Crippen LogP contribution in [-0.2, 0) is 23.9 Å². The Labute approximate surface area is 326 Å². The van der Waals surface area contributed by atoms with Gasteiger partial charge < -0.3 is 25.6 Å². The van der Waals surface area contributed by atoms with E-state index < -0.39 is 24.5 Å². The lowest BCUT2D eigenvalue weighted by molar-refractivity contribution is -0.147. The average Bonchev–Trinajstić information content (AvgIpc) is 3.15. The summed E-state index contributed by atoms with van der Waals surface area (Å²) >= 11 is 0. The maximum absolute atomic E-state index is 12.7. The molecule has 0 aromatic heterocycles. The van der Waals surface area contributed by atoms with Crippen LogP contribution >= 0.6 is 0 Å². The summed E-state index contributed by atoms with van der Waals surface area (Å²) in [5.41, 5.74) is 0. The van der Waals surface area contributed by atoms with E-state index in [0.717, 1.165) is 96.3 Å². The van der Waals surface area contributed by atoms with E-state index in [2.05, 4.69) is 110 Å². The number of aliphatic carboxylic acids is 1. The second-order valence-electron chi connectivity index (χ2n) is 13.0. The molecule has 0 aliphatic rings. The fraction of sp³-hybridized carbons (Fsp3) is 0.556. The first-order valence-electron chi connectivity index (χ1n) is 20.1. The van der Waals surface area contributed by atoms with Crippen molar-refractivity contribution in [2.45, 2.75) is 148 Å². The first-order chi connectivity index (χ1) is 26.3. The number of carboxylic acids is 1. The second kappa shape index (κ2) is 38.5. The first-order valence-corrected chi connectivity index (χ1v) is 20.1. The Kier molecular flexibility index (Phi) is 35.5. The highest BCUT2D eigenvalue weighted by atomic mass is 16.5. The minimum absolute atomic E-state index is 0.172. The number of carboxylic acid groups (broad SMARTS) is 1. The van der Waals surface area contributed by atoms with E-state index in [4.69, 9.17) is 14.9 Å². The zero-order chi connectivity index (χ0) is 39.7. The van der Waals surface area contributed by atoms with Crippen molar-refractivity contribution in [2.24, 2.45) is 0 Å². The number of rotatable bonds is 34. The van der Waals surface area contributed by atoms with Crippen LogP contribution in [0, 0.1) is 0 Å². The van der Waals surface area contributed by atoms with Gasteiger partial charge in [-0.2, -0.15) is 0 Å². The Hall–Kier alpha value is -4.24. The molecule has 0 saturated carbocycles. The summed E-state index contributed by atoms with van der Waals surface area (Å²) in [7, 11) is 0. The summed E-state index contributed by atoms with van der Waals surface area (Å²) in [6.45, 7) is 3.18. The van der Waals surface area contributed by atoms with Crippen LogP contribution in [0.1, 0.15) is 136 Å². The molecule has 9 heteroatoms. The number of aliphatic hydroxyl groups excluding tert-OH is 1. The summed E-state index contributed by atoms with van der Waals surface area (Å²) in [5, 5.41) is 22.5. The summed E-state index contributed by atoms with van der Waals surface area (Å²) < 4.78 is 5.85. The van der Waals surface area contributed by atoms with Gasteiger partial charge in [-0.25, -0.2) is 4.79 Å². The molecule has 0 bridgehead atoms. The van der Waals surface area contributed by atoms with Crippen LogP contribution in [-0.4, -0.2) is 59.3 Å². The number of hydrogen-bond acceptors (Lipinski definition) is 6. The van der Waals surface area contributed by atoms with Crippen LogP contribution in [0.3, 0.4) is 0 Å². The summed E-state index contributed by atoms with van der Waals surface area (Å²) in [4.78, 5) is 47.4. The molecule has 0 aliphatic carbocycles. The lowest BCUT2D eigenvalue weighted by Crippen LogP contribution is -2.47. The monoisotopic (exact) mass is 751 g/mol. The molecule has 0 heterocycles. The van der Waals surface area contributed by atoms with Crippen LogP contribution in [0.15, 0.2) is 97.2 Å². The molecule has 0 radical (unpaired) electrons. The van der Waals surface area contributed by atoms with Gasteiger partial charge in [0.1, 0.15) is 12.1 Å². The van der Waals surface area contributed by atoms with Gasteiger partial charge >= 0.3 is 11.9 Å². The lowest BCUT2D eigenvalue weighted by Gasteiger charge is -2.15. The molecule has 0 saturated heterocycles. The number of hydrogen-bond donors (Lipinski definition) is 4. The maximum Gasteiger partial charge on any atom is 0.328 e. The molecule has 4 N–H and O–H groups in total. The molecule has 0 rings (SSSR count). The number of nitrogens with one attached hydrogen (secondary N) is 2. The third-order valence-corrected chi connectivity index (χ3v) is 8.06. The first kappa shape index (κ1) is 49.8. The molecule has 0 fully saturated rings. The number of ether oxygens (including phenoxy) is 1. The van der Waals surface area contributed by atoms with Crippen molar-refractivity contribution in [3.63, 3.8) is 0 Å². The van der Waals surface area contributed by atoms with Crippen molar-refractivity contribution >= 4 is 23.8 Å². The van der Waals surface area contributed by atoms with Gasteiger partial charge in [-0.1, -0.05) is 124 Å². The normalized spacial score (nSPS) is 13.5. The van der Waals surface area contributed by atoms with E-state index in [-0.39, 0.29) is 30.9 Å². The quantitative estimate of drug-likeness (QED) is 0.0292. The highest BCUT2D eigenvalue weighted by Gasteiger charge is 2.18. The number of carbonyl (C=O) groups excluding carboxylic acids is 3. The van der Waals surface area contributed by atoms with Crippen molar-refractivity contribution in [2.75, 3.05) is 13.2 Å². The minimum atomic E-state index is -1.40. The van der Waals surface area contributed by atoms with Crippen molar-refractivity contribution in [3.05, 3.63) is 97.2 Å². The largest absolute Gasteiger partial charge is 0.480 e. The van der Waals surface area contributed by atoms with Crippen LogP contribution in [0.5, 0.6) is 0 Å². The van der Waals surface area contributed by atoms with Crippen molar-refractivity contribution < 1.29 is 34.1 Å². The fourth-order valence-electron chi connectivity index (χ4n) is 5.02. The zero-order valence-corrected chi connectivity index (χ0v) is 33.2. The van der Waals surface area contributed by atoms with Gasteiger partial charge in [0.25, 0.3) is 0 Å². The van der Waals surface area contributed by atoms with Gasteiger partial charge in [0.15, 0.2) is 0 Å². The standard InChI is InChI=1S/C45H70N2O7/c1-3-5-7-9-11-13-14-15-16-17-18-19-20-21-22-23-25-27-33-37-44(51)54-40(34-30-26-24-12-10-8-6-4-2)35-31-28-29-32-36-42(49)46-38-43(50)47-41(39-48)45(52)53/h5-8,11-13,15-16,18-19,21-22,24,30,34,40-41,48H,3-4,9-10,14,17,20,23,25-29,31-33,35-39H2,1-2H3,(H,46,49)(H,47,50)(H,52,53)/b7-5-,8-6-,13-11-,16-15-,19-18-,22-21-,24-12-,34-30-. The van der Waals surface area contributed by atoms with Gasteiger partial charge in [-0.05, 0) is 96.0 Å². The van der Waals surface area contributed by atoms with E-state index in [1.807, 2.05) is 12.2 Å². The van der Waals surface area contributed by atoms with Gasteiger partial charge in [0.2, 0.25) is 11.8 Å². The van der Waals surface area contributed by atoms with Crippen LogP contribution in [0.2, 0.25) is 0 Å². The SMILES string of the molecule is CC/C=C\C/C=C\C/C=C\C/C=C\C/C=C\CCCCCC(=O)OC(/C=C\C/C=C\C/C=C\CC)CCCCCCC(=O)NCC(=O)NC(CO)C(=O)O. The van der Waals surface area contributed by atoms with Gasteiger partial charge in [-0.15, -0.1) is 0 Å². The average molecular weight is 751 g/mol. The van der Waals surface area contributed by atoms with Gasteiger partial charge in [0, 0.05) is 12.8 Å².